The van der Waals surface area contributed by atoms with E-state index in [1.54, 1.807) is 0 Å². The molecular weight excluding hydrogens is 281 g/mol. The highest BCUT2D eigenvalue weighted by molar-refractivity contribution is 6.39. The Morgan fingerprint density at radius 1 is 0.889 bits per heavy atom. The lowest BCUT2D eigenvalue weighted by atomic mass is 10.2. The number of anilines is 3. The molecule has 2 rings (SSSR count). The van der Waals surface area contributed by atoms with Crippen LogP contribution in [-0.4, -0.2) is 0 Å². The topological polar surface area (TPSA) is 38.0 Å². The van der Waals surface area contributed by atoms with E-state index in [1.165, 1.54) is 12.1 Å². The smallest absolute Gasteiger partial charge is 0.128 e. The van der Waals surface area contributed by atoms with Crippen LogP contribution in [0, 0.1) is 11.6 Å². The lowest BCUT2D eigenvalue weighted by Crippen LogP contribution is -1.96. The van der Waals surface area contributed by atoms with E-state index in [9.17, 15) is 8.78 Å². The van der Waals surface area contributed by atoms with E-state index < -0.39 is 11.6 Å². The second-order valence-electron chi connectivity index (χ2n) is 3.64. The van der Waals surface area contributed by atoms with E-state index in [-0.39, 0.29) is 15.7 Å². The van der Waals surface area contributed by atoms with E-state index in [4.69, 9.17) is 28.9 Å². The van der Waals surface area contributed by atoms with Crippen molar-refractivity contribution in [3.8, 4) is 0 Å². The van der Waals surface area contributed by atoms with Gasteiger partial charge in [-0.1, -0.05) is 23.2 Å². The van der Waals surface area contributed by atoms with Gasteiger partial charge in [0.1, 0.15) is 11.6 Å². The maximum atomic E-state index is 13.0. The standard InChI is InChI=1S/C12H8Cl2F2N2/c13-10-4-8(17)5-11(14)12(10)18-9-2-6(15)1-7(16)3-9/h1-5,18H,17H2. The second-order valence-corrected chi connectivity index (χ2v) is 4.46. The number of hydrogen-bond acceptors (Lipinski definition) is 2. The molecule has 2 aromatic rings. The molecule has 0 saturated heterocycles. The normalized spacial score (nSPS) is 10.4. The summed E-state index contributed by atoms with van der Waals surface area (Å²) >= 11 is 11.9. The summed E-state index contributed by atoms with van der Waals surface area (Å²) in [5.41, 5.74) is 6.51. The molecule has 0 saturated carbocycles. The van der Waals surface area contributed by atoms with Crippen molar-refractivity contribution in [1.29, 1.82) is 0 Å². The van der Waals surface area contributed by atoms with E-state index in [0.29, 0.717) is 11.4 Å². The van der Waals surface area contributed by atoms with Crippen molar-refractivity contribution in [2.24, 2.45) is 0 Å². The number of rotatable bonds is 2. The number of nitrogen functional groups attached to an aromatic ring is 1. The zero-order valence-corrected chi connectivity index (χ0v) is 10.5. The SMILES string of the molecule is Nc1cc(Cl)c(Nc2cc(F)cc(F)c2)c(Cl)c1. The maximum Gasteiger partial charge on any atom is 0.128 e. The summed E-state index contributed by atoms with van der Waals surface area (Å²) in [6.07, 6.45) is 0. The Labute approximate surface area is 112 Å². The first-order valence-corrected chi connectivity index (χ1v) is 5.69. The quantitative estimate of drug-likeness (QED) is 0.793. The molecule has 2 nitrogen and oxygen atoms in total. The summed E-state index contributed by atoms with van der Waals surface area (Å²) in [5.74, 6) is -1.39. The third kappa shape index (κ3) is 2.83. The van der Waals surface area contributed by atoms with Crippen LogP contribution in [0.5, 0.6) is 0 Å². The van der Waals surface area contributed by atoms with Crippen LogP contribution in [0.2, 0.25) is 10.0 Å². The summed E-state index contributed by atoms with van der Waals surface area (Å²) in [5, 5.41) is 3.29. The van der Waals surface area contributed by atoms with Gasteiger partial charge in [0.2, 0.25) is 0 Å². The van der Waals surface area contributed by atoms with Crippen LogP contribution >= 0.6 is 23.2 Å². The average molecular weight is 289 g/mol. The fourth-order valence-electron chi connectivity index (χ4n) is 1.48. The van der Waals surface area contributed by atoms with Crippen molar-refractivity contribution in [2.45, 2.75) is 0 Å². The largest absolute Gasteiger partial charge is 0.399 e. The van der Waals surface area contributed by atoms with Crippen LogP contribution in [0.4, 0.5) is 25.8 Å². The molecule has 0 aliphatic carbocycles. The lowest BCUT2D eigenvalue weighted by molar-refractivity contribution is 0.584. The first-order valence-electron chi connectivity index (χ1n) is 4.93. The molecule has 3 N–H and O–H groups in total. The van der Waals surface area contributed by atoms with Crippen molar-refractivity contribution in [1.82, 2.24) is 0 Å². The van der Waals surface area contributed by atoms with Crippen molar-refractivity contribution in [2.75, 3.05) is 11.1 Å². The average Bonchev–Trinajstić information content (AvgIpc) is 2.22. The van der Waals surface area contributed by atoms with Crippen molar-refractivity contribution in [3.05, 3.63) is 52.0 Å². The summed E-state index contributed by atoms with van der Waals surface area (Å²) in [6, 6.07) is 6.02. The molecule has 0 aliphatic rings. The maximum absolute atomic E-state index is 13.0. The van der Waals surface area contributed by atoms with Crippen molar-refractivity contribution < 1.29 is 8.78 Å². The minimum atomic E-state index is -0.694. The van der Waals surface area contributed by atoms with E-state index in [1.807, 2.05) is 0 Å². The first-order chi connectivity index (χ1) is 8.45. The van der Waals surface area contributed by atoms with Crippen LogP contribution in [0.3, 0.4) is 0 Å². The third-order valence-electron chi connectivity index (χ3n) is 2.20. The van der Waals surface area contributed by atoms with Crippen molar-refractivity contribution >= 4 is 40.3 Å². The summed E-state index contributed by atoms with van der Waals surface area (Å²) in [7, 11) is 0. The number of benzene rings is 2. The zero-order valence-electron chi connectivity index (χ0n) is 8.98. The minimum Gasteiger partial charge on any atom is -0.399 e. The van der Waals surface area contributed by atoms with Gasteiger partial charge >= 0.3 is 0 Å². The minimum absolute atomic E-state index is 0.209. The zero-order chi connectivity index (χ0) is 13.3. The van der Waals surface area contributed by atoms with Gasteiger partial charge in [-0.15, -0.1) is 0 Å². The van der Waals surface area contributed by atoms with Crippen LogP contribution < -0.4 is 11.1 Å². The highest BCUT2D eigenvalue weighted by Crippen LogP contribution is 2.35. The molecule has 0 aromatic heterocycles. The highest BCUT2D eigenvalue weighted by Gasteiger charge is 2.09. The predicted molar refractivity (Wildman–Crippen MR) is 70.5 cm³/mol. The fraction of sp³-hybridized carbons (Fsp3) is 0. The molecule has 0 atom stereocenters. The highest BCUT2D eigenvalue weighted by atomic mass is 35.5. The van der Waals surface area contributed by atoms with E-state index >= 15 is 0 Å². The van der Waals surface area contributed by atoms with Crippen LogP contribution in [0.1, 0.15) is 0 Å². The lowest BCUT2D eigenvalue weighted by Gasteiger charge is -2.11. The molecule has 6 heteroatoms. The Morgan fingerprint density at radius 3 is 1.89 bits per heavy atom. The molecular formula is C12H8Cl2F2N2. The molecule has 0 amide bonds. The summed E-state index contributed by atoms with van der Waals surface area (Å²) in [6.45, 7) is 0. The molecule has 94 valence electrons. The van der Waals surface area contributed by atoms with E-state index in [2.05, 4.69) is 5.32 Å². The molecule has 0 aliphatic heterocycles. The summed E-state index contributed by atoms with van der Waals surface area (Å²) in [4.78, 5) is 0. The number of halogens is 4. The molecule has 0 spiro atoms. The second kappa shape index (κ2) is 5.00. The number of nitrogens with two attached hydrogens (primary N) is 1. The van der Waals surface area contributed by atoms with Crippen LogP contribution in [-0.2, 0) is 0 Å². The molecule has 18 heavy (non-hydrogen) atoms. The fourth-order valence-corrected chi connectivity index (χ4v) is 2.08. The number of nitrogens with one attached hydrogen (secondary N) is 1. The Hall–Kier alpha value is -1.52. The van der Waals surface area contributed by atoms with Crippen LogP contribution in [0.25, 0.3) is 0 Å². The monoisotopic (exact) mass is 288 g/mol. The molecule has 0 unspecified atom stereocenters. The van der Waals surface area contributed by atoms with Gasteiger partial charge < -0.3 is 11.1 Å². The Kier molecular flexibility index (Phi) is 3.59. The Bertz CT molecular complexity index is 559. The first kappa shape index (κ1) is 12.9. The van der Waals surface area contributed by atoms with Crippen LogP contribution in [0.15, 0.2) is 30.3 Å². The molecule has 0 heterocycles. The van der Waals surface area contributed by atoms with Gasteiger partial charge in [0.25, 0.3) is 0 Å². The molecule has 0 fully saturated rings. The van der Waals surface area contributed by atoms with Gasteiger partial charge in [0.05, 0.1) is 15.7 Å². The third-order valence-corrected chi connectivity index (χ3v) is 2.79. The van der Waals surface area contributed by atoms with Crippen molar-refractivity contribution in [3.63, 3.8) is 0 Å². The molecule has 2 aromatic carbocycles. The van der Waals surface area contributed by atoms with Gasteiger partial charge in [-0.3, -0.25) is 0 Å². The van der Waals surface area contributed by atoms with Gasteiger partial charge in [-0.2, -0.15) is 0 Å². The predicted octanol–water partition coefficient (Wildman–Crippen LogP) is 4.60. The Balaban J connectivity index is 2.40. The summed E-state index contributed by atoms with van der Waals surface area (Å²) < 4.78 is 26.1. The van der Waals surface area contributed by atoms with Gasteiger partial charge in [-0.25, -0.2) is 8.78 Å². The molecule has 0 radical (unpaired) electrons. The number of hydrogen-bond donors (Lipinski definition) is 2. The van der Waals surface area contributed by atoms with Gasteiger partial charge in [0, 0.05) is 17.4 Å². The Morgan fingerprint density at radius 2 is 1.39 bits per heavy atom. The van der Waals surface area contributed by atoms with Gasteiger partial charge in [0.15, 0.2) is 0 Å². The molecule has 0 bridgehead atoms. The van der Waals surface area contributed by atoms with Gasteiger partial charge in [-0.05, 0) is 24.3 Å². The van der Waals surface area contributed by atoms with E-state index in [0.717, 1.165) is 18.2 Å².